The molecule has 1 unspecified atom stereocenters. The number of hydrogen-bond acceptors (Lipinski definition) is 4. The lowest BCUT2D eigenvalue weighted by molar-refractivity contribution is -0.137. The summed E-state index contributed by atoms with van der Waals surface area (Å²) in [7, 11) is 3.91. The van der Waals surface area contributed by atoms with Gasteiger partial charge in [0.1, 0.15) is 0 Å². The predicted octanol–water partition coefficient (Wildman–Crippen LogP) is 1.34. The number of thiophene rings is 1. The van der Waals surface area contributed by atoms with Gasteiger partial charge in [0.2, 0.25) is 5.91 Å². The Hall–Kier alpha value is -0.910. The Bertz CT molecular complexity index is 397. The third-order valence-corrected chi connectivity index (χ3v) is 4.64. The van der Waals surface area contributed by atoms with Gasteiger partial charge in [0.05, 0.1) is 6.04 Å². The number of carbonyl (C=O) groups is 1. The van der Waals surface area contributed by atoms with Gasteiger partial charge in [-0.2, -0.15) is 0 Å². The van der Waals surface area contributed by atoms with E-state index in [1.54, 1.807) is 11.3 Å². The number of piperazine rings is 1. The van der Waals surface area contributed by atoms with Crippen molar-refractivity contribution < 1.29 is 4.79 Å². The van der Waals surface area contributed by atoms with E-state index in [0.29, 0.717) is 0 Å². The van der Waals surface area contributed by atoms with Crippen molar-refractivity contribution in [2.24, 2.45) is 0 Å². The molecule has 0 saturated carbocycles. The highest BCUT2D eigenvalue weighted by atomic mass is 32.1. The molecule has 1 saturated heterocycles. The lowest BCUT2D eigenvalue weighted by Crippen LogP contribution is -2.52. The smallest absolute Gasteiger partial charge is 0.239 e. The molecule has 1 aromatic heterocycles. The lowest BCUT2D eigenvalue weighted by atomic mass is 10.2. The molecular weight excluding hydrogens is 258 g/mol. The lowest BCUT2D eigenvalue weighted by Gasteiger charge is -2.36. The summed E-state index contributed by atoms with van der Waals surface area (Å²) >= 11 is 1.80. The molecule has 0 spiro atoms. The first-order valence-corrected chi connectivity index (χ1v) is 7.66. The second kappa shape index (κ2) is 6.50. The first-order chi connectivity index (χ1) is 9.08. The maximum atomic E-state index is 12.2. The zero-order chi connectivity index (χ0) is 13.8. The van der Waals surface area contributed by atoms with Gasteiger partial charge in [-0.3, -0.25) is 14.6 Å². The van der Waals surface area contributed by atoms with Crippen LogP contribution in [-0.2, 0) is 11.3 Å². The number of carbonyl (C=O) groups excluding carboxylic acids is 1. The van der Waals surface area contributed by atoms with E-state index in [9.17, 15) is 4.79 Å². The maximum absolute atomic E-state index is 12.2. The molecule has 0 bridgehead atoms. The molecule has 5 heteroatoms. The van der Waals surface area contributed by atoms with Crippen LogP contribution in [0.15, 0.2) is 17.5 Å². The van der Waals surface area contributed by atoms with Gasteiger partial charge in [-0.05, 0) is 32.5 Å². The number of hydrogen-bond donors (Lipinski definition) is 0. The first kappa shape index (κ1) is 14.5. The monoisotopic (exact) mass is 281 g/mol. The molecule has 1 aliphatic heterocycles. The van der Waals surface area contributed by atoms with E-state index in [-0.39, 0.29) is 11.9 Å². The van der Waals surface area contributed by atoms with Crippen LogP contribution in [0.2, 0.25) is 0 Å². The van der Waals surface area contributed by atoms with Crippen molar-refractivity contribution in [2.45, 2.75) is 19.5 Å². The second-order valence-electron chi connectivity index (χ2n) is 5.32. The van der Waals surface area contributed by atoms with E-state index in [0.717, 1.165) is 32.7 Å². The Balaban J connectivity index is 1.80. The van der Waals surface area contributed by atoms with E-state index in [1.165, 1.54) is 4.88 Å². The van der Waals surface area contributed by atoms with Gasteiger partial charge in [0, 0.05) is 37.6 Å². The van der Waals surface area contributed by atoms with Crippen LogP contribution in [0, 0.1) is 0 Å². The summed E-state index contributed by atoms with van der Waals surface area (Å²) in [6.45, 7) is 6.64. The van der Waals surface area contributed by atoms with Crippen LogP contribution < -0.4 is 0 Å². The standard InChI is InChI=1S/C14H23N3OS/c1-12(15(2)3)14(18)17-8-6-16(7-9-17)11-13-5-4-10-19-13/h4-5,10,12H,6-9,11H2,1-3H3. The van der Waals surface area contributed by atoms with E-state index >= 15 is 0 Å². The van der Waals surface area contributed by atoms with Gasteiger partial charge in [0.15, 0.2) is 0 Å². The van der Waals surface area contributed by atoms with Gasteiger partial charge in [-0.15, -0.1) is 11.3 Å². The summed E-state index contributed by atoms with van der Waals surface area (Å²) in [5.41, 5.74) is 0. The minimum absolute atomic E-state index is 0.0242. The van der Waals surface area contributed by atoms with Crippen LogP contribution in [0.3, 0.4) is 0 Å². The van der Waals surface area contributed by atoms with Crippen molar-refractivity contribution in [2.75, 3.05) is 40.3 Å². The summed E-state index contributed by atoms with van der Waals surface area (Å²) in [5.74, 6) is 0.251. The van der Waals surface area contributed by atoms with Crippen molar-refractivity contribution >= 4 is 17.2 Å². The molecule has 0 radical (unpaired) electrons. The predicted molar refractivity (Wildman–Crippen MR) is 79.3 cm³/mol. The van der Waals surface area contributed by atoms with Gasteiger partial charge in [-0.25, -0.2) is 0 Å². The topological polar surface area (TPSA) is 26.8 Å². The van der Waals surface area contributed by atoms with Crippen molar-refractivity contribution in [1.82, 2.24) is 14.7 Å². The SMILES string of the molecule is CC(C(=O)N1CCN(Cc2cccs2)CC1)N(C)C. The Labute approximate surface area is 119 Å². The molecular formula is C14H23N3OS. The molecule has 0 N–H and O–H groups in total. The number of rotatable bonds is 4. The van der Waals surface area contributed by atoms with Gasteiger partial charge >= 0.3 is 0 Å². The molecule has 1 aromatic rings. The number of likely N-dealkylation sites (N-methyl/N-ethyl adjacent to an activating group) is 1. The molecule has 19 heavy (non-hydrogen) atoms. The average Bonchev–Trinajstić information content (AvgIpc) is 2.90. The van der Waals surface area contributed by atoms with Crippen molar-refractivity contribution in [3.63, 3.8) is 0 Å². The fourth-order valence-electron chi connectivity index (χ4n) is 2.23. The Kier molecular flexibility index (Phi) is 4.96. The third kappa shape index (κ3) is 3.78. The van der Waals surface area contributed by atoms with E-state index in [1.807, 2.05) is 30.8 Å². The molecule has 0 aromatic carbocycles. The minimum atomic E-state index is -0.0242. The number of amides is 1. The van der Waals surface area contributed by atoms with Crippen molar-refractivity contribution in [1.29, 1.82) is 0 Å². The molecule has 1 fully saturated rings. The van der Waals surface area contributed by atoms with Crippen LogP contribution in [0.4, 0.5) is 0 Å². The van der Waals surface area contributed by atoms with Crippen LogP contribution in [0.5, 0.6) is 0 Å². The fraction of sp³-hybridized carbons (Fsp3) is 0.643. The molecule has 4 nitrogen and oxygen atoms in total. The zero-order valence-corrected chi connectivity index (χ0v) is 12.8. The Morgan fingerprint density at radius 1 is 1.37 bits per heavy atom. The molecule has 1 amide bonds. The van der Waals surface area contributed by atoms with Gasteiger partial charge in [-0.1, -0.05) is 6.07 Å². The molecule has 1 atom stereocenters. The molecule has 1 aliphatic rings. The fourth-order valence-corrected chi connectivity index (χ4v) is 2.98. The first-order valence-electron chi connectivity index (χ1n) is 6.78. The van der Waals surface area contributed by atoms with Crippen LogP contribution in [-0.4, -0.2) is 66.9 Å². The highest BCUT2D eigenvalue weighted by molar-refractivity contribution is 7.09. The van der Waals surface area contributed by atoms with Crippen LogP contribution >= 0.6 is 11.3 Å². The van der Waals surface area contributed by atoms with E-state index in [2.05, 4.69) is 22.4 Å². The summed E-state index contributed by atoms with van der Waals surface area (Å²) in [6, 6.07) is 4.25. The summed E-state index contributed by atoms with van der Waals surface area (Å²) in [5, 5.41) is 2.12. The van der Waals surface area contributed by atoms with Crippen LogP contribution in [0.1, 0.15) is 11.8 Å². The minimum Gasteiger partial charge on any atom is -0.339 e. The zero-order valence-electron chi connectivity index (χ0n) is 12.0. The second-order valence-corrected chi connectivity index (χ2v) is 6.35. The number of nitrogens with zero attached hydrogens (tertiary/aromatic N) is 3. The average molecular weight is 281 g/mol. The molecule has 2 heterocycles. The van der Waals surface area contributed by atoms with Crippen LogP contribution in [0.25, 0.3) is 0 Å². The van der Waals surface area contributed by atoms with Crippen molar-refractivity contribution in [3.05, 3.63) is 22.4 Å². The molecule has 2 rings (SSSR count). The Morgan fingerprint density at radius 2 is 2.05 bits per heavy atom. The third-order valence-electron chi connectivity index (χ3n) is 3.78. The van der Waals surface area contributed by atoms with Crippen molar-refractivity contribution in [3.8, 4) is 0 Å². The largest absolute Gasteiger partial charge is 0.339 e. The van der Waals surface area contributed by atoms with Gasteiger partial charge in [0.25, 0.3) is 0 Å². The summed E-state index contributed by atoms with van der Waals surface area (Å²) in [6.07, 6.45) is 0. The Morgan fingerprint density at radius 3 is 2.58 bits per heavy atom. The highest BCUT2D eigenvalue weighted by Gasteiger charge is 2.25. The summed E-state index contributed by atoms with van der Waals surface area (Å²) < 4.78 is 0. The molecule has 106 valence electrons. The van der Waals surface area contributed by atoms with E-state index in [4.69, 9.17) is 0 Å². The quantitative estimate of drug-likeness (QED) is 0.833. The maximum Gasteiger partial charge on any atom is 0.239 e. The van der Waals surface area contributed by atoms with Gasteiger partial charge < -0.3 is 4.90 Å². The summed E-state index contributed by atoms with van der Waals surface area (Å²) in [4.78, 5) is 20.0. The highest BCUT2D eigenvalue weighted by Crippen LogP contribution is 2.14. The normalized spacial score (nSPS) is 18.8. The molecule has 0 aliphatic carbocycles. The van der Waals surface area contributed by atoms with E-state index < -0.39 is 0 Å².